The first-order valence-electron chi connectivity index (χ1n) is 5.33. The predicted molar refractivity (Wildman–Crippen MR) is 61.3 cm³/mol. The Morgan fingerprint density at radius 2 is 2.25 bits per heavy atom. The molecule has 1 aromatic carbocycles. The lowest BCUT2D eigenvalue weighted by molar-refractivity contribution is -0.118. The van der Waals surface area contributed by atoms with Crippen LogP contribution in [-0.4, -0.2) is 12.5 Å². The maximum atomic E-state index is 12.9. The van der Waals surface area contributed by atoms with Crippen molar-refractivity contribution < 1.29 is 9.18 Å². The minimum atomic E-state index is -0.288. The van der Waals surface area contributed by atoms with Gasteiger partial charge in [-0.2, -0.15) is 0 Å². The Morgan fingerprint density at radius 3 is 2.94 bits per heavy atom. The highest BCUT2D eigenvalue weighted by molar-refractivity contribution is 5.73. The molecular weight excluding hydrogens is 207 g/mol. The number of carbonyl (C=O) groups is 1. The number of hydrogen-bond acceptors (Lipinski definition) is 2. The molecule has 16 heavy (non-hydrogen) atoms. The Labute approximate surface area is 94.8 Å². The monoisotopic (exact) mass is 224 g/mol. The van der Waals surface area contributed by atoms with Crippen LogP contribution >= 0.6 is 0 Å². The van der Waals surface area contributed by atoms with Crippen molar-refractivity contribution in [2.75, 3.05) is 6.54 Å². The number of primary amides is 1. The van der Waals surface area contributed by atoms with Crippen LogP contribution in [0.4, 0.5) is 4.39 Å². The maximum absolute atomic E-state index is 12.9. The largest absolute Gasteiger partial charge is 0.370 e. The Kier molecular flexibility index (Phi) is 4.92. The summed E-state index contributed by atoms with van der Waals surface area (Å²) >= 11 is 0. The van der Waals surface area contributed by atoms with E-state index in [4.69, 9.17) is 5.73 Å². The minimum Gasteiger partial charge on any atom is -0.370 e. The second kappa shape index (κ2) is 6.23. The zero-order valence-corrected chi connectivity index (χ0v) is 9.42. The van der Waals surface area contributed by atoms with Gasteiger partial charge in [0, 0.05) is 13.0 Å². The second-order valence-electron chi connectivity index (χ2n) is 3.82. The van der Waals surface area contributed by atoms with E-state index < -0.39 is 0 Å². The van der Waals surface area contributed by atoms with Crippen molar-refractivity contribution in [2.45, 2.75) is 26.3 Å². The number of amides is 1. The van der Waals surface area contributed by atoms with Crippen LogP contribution in [0.25, 0.3) is 0 Å². The molecule has 0 saturated heterocycles. The minimum absolute atomic E-state index is 0.223. The third-order valence-electron chi connectivity index (χ3n) is 2.40. The van der Waals surface area contributed by atoms with E-state index in [1.54, 1.807) is 6.07 Å². The highest BCUT2D eigenvalue weighted by Gasteiger charge is 2.00. The molecule has 0 aliphatic heterocycles. The zero-order valence-electron chi connectivity index (χ0n) is 9.42. The normalized spacial score (nSPS) is 10.4. The topological polar surface area (TPSA) is 55.1 Å². The van der Waals surface area contributed by atoms with E-state index in [0.717, 1.165) is 11.1 Å². The van der Waals surface area contributed by atoms with E-state index in [0.29, 0.717) is 25.9 Å². The number of nitrogens with one attached hydrogen (secondary N) is 1. The number of benzene rings is 1. The summed E-state index contributed by atoms with van der Waals surface area (Å²) in [6.07, 6.45) is 1.10. The molecule has 0 aliphatic carbocycles. The van der Waals surface area contributed by atoms with Crippen molar-refractivity contribution in [1.82, 2.24) is 5.32 Å². The van der Waals surface area contributed by atoms with Crippen molar-refractivity contribution in [3.05, 3.63) is 35.1 Å². The van der Waals surface area contributed by atoms with Crippen molar-refractivity contribution >= 4 is 5.91 Å². The Balaban J connectivity index is 2.31. The highest BCUT2D eigenvalue weighted by Crippen LogP contribution is 2.09. The Bertz CT molecular complexity index is 366. The number of aryl methyl sites for hydroxylation is 1. The molecule has 0 heterocycles. The molecule has 0 aliphatic rings. The van der Waals surface area contributed by atoms with Crippen LogP contribution < -0.4 is 11.1 Å². The van der Waals surface area contributed by atoms with Gasteiger partial charge >= 0.3 is 0 Å². The molecule has 0 bridgehead atoms. The van der Waals surface area contributed by atoms with Gasteiger partial charge in [-0.1, -0.05) is 6.07 Å². The molecule has 3 N–H and O–H groups in total. The van der Waals surface area contributed by atoms with E-state index in [-0.39, 0.29) is 11.7 Å². The van der Waals surface area contributed by atoms with E-state index in [9.17, 15) is 9.18 Å². The van der Waals surface area contributed by atoms with Gasteiger partial charge in [0.25, 0.3) is 0 Å². The molecule has 4 heteroatoms. The maximum Gasteiger partial charge on any atom is 0.217 e. The Hall–Kier alpha value is -1.42. The molecule has 0 saturated carbocycles. The fourth-order valence-corrected chi connectivity index (χ4v) is 1.44. The molecule has 0 fully saturated rings. The molecule has 0 unspecified atom stereocenters. The molecule has 0 radical (unpaired) electrons. The van der Waals surface area contributed by atoms with E-state index in [1.165, 1.54) is 12.1 Å². The molecule has 3 nitrogen and oxygen atoms in total. The number of carbonyl (C=O) groups excluding carboxylic acids is 1. The lowest BCUT2D eigenvalue weighted by Crippen LogP contribution is -2.18. The van der Waals surface area contributed by atoms with Gasteiger partial charge in [0.2, 0.25) is 5.91 Å². The van der Waals surface area contributed by atoms with Crippen LogP contribution in [0.3, 0.4) is 0 Å². The standard InChI is InChI=1S/C12H17FN2O/c1-9-4-5-11(13)7-10(9)8-15-6-2-3-12(14)16/h4-5,7,15H,2-3,6,8H2,1H3,(H2,14,16). The molecule has 0 atom stereocenters. The van der Waals surface area contributed by atoms with Gasteiger partial charge in [-0.25, -0.2) is 4.39 Å². The van der Waals surface area contributed by atoms with Gasteiger partial charge in [-0.15, -0.1) is 0 Å². The van der Waals surface area contributed by atoms with Crippen LogP contribution in [0, 0.1) is 12.7 Å². The van der Waals surface area contributed by atoms with E-state index >= 15 is 0 Å². The second-order valence-corrected chi connectivity index (χ2v) is 3.82. The lowest BCUT2D eigenvalue weighted by atomic mass is 10.1. The molecule has 1 rings (SSSR count). The Morgan fingerprint density at radius 1 is 1.50 bits per heavy atom. The fourth-order valence-electron chi connectivity index (χ4n) is 1.44. The summed E-state index contributed by atoms with van der Waals surface area (Å²) in [6, 6.07) is 4.73. The van der Waals surface area contributed by atoms with E-state index in [1.807, 2.05) is 6.92 Å². The van der Waals surface area contributed by atoms with Crippen LogP contribution in [0.1, 0.15) is 24.0 Å². The molecular formula is C12H17FN2O. The number of rotatable bonds is 6. The number of halogens is 1. The van der Waals surface area contributed by atoms with Crippen LogP contribution in [0.15, 0.2) is 18.2 Å². The number of hydrogen-bond donors (Lipinski definition) is 2. The zero-order chi connectivity index (χ0) is 12.0. The van der Waals surface area contributed by atoms with Crippen LogP contribution in [0.5, 0.6) is 0 Å². The summed E-state index contributed by atoms with van der Waals surface area (Å²) in [7, 11) is 0. The van der Waals surface area contributed by atoms with Crippen molar-refractivity contribution in [2.24, 2.45) is 5.73 Å². The average molecular weight is 224 g/mol. The first-order chi connectivity index (χ1) is 7.59. The quantitative estimate of drug-likeness (QED) is 0.719. The summed E-state index contributed by atoms with van der Waals surface area (Å²) in [5.74, 6) is -0.511. The van der Waals surface area contributed by atoms with Gasteiger partial charge in [-0.3, -0.25) is 4.79 Å². The van der Waals surface area contributed by atoms with Crippen LogP contribution in [-0.2, 0) is 11.3 Å². The fraction of sp³-hybridized carbons (Fsp3) is 0.417. The lowest BCUT2D eigenvalue weighted by Gasteiger charge is -2.07. The van der Waals surface area contributed by atoms with Gasteiger partial charge < -0.3 is 11.1 Å². The van der Waals surface area contributed by atoms with Crippen LogP contribution in [0.2, 0.25) is 0 Å². The molecule has 88 valence electrons. The average Bonchev–Trinajstić information content (AvgIpc) is 2.22. The smallest absolute Gasteiger partial charge is 0.217 e. The van der Waals surface area contributed by atoms with Crippen molar-refractivity contribution in [3.8, 4) is 0 Å². The SMILES string of the molecule is Cc1ccc(F)cc1CNCCCC(N)=O. The summed E-state index contributed by atoms with van der Waals surface area (Å²) in [4.78, 5) is 10.5. The van der Waals surface area contributed by atoms with Gasteiger partial charge in [0.15, 0.2) is 0 Å². The van der Waals surface area contributed by atoms with E-state index in [2.05, 4.69) is 5.32 Å². The van der Waals surface area contributed by atoms with Gasteiger partial charge in [-0.05, 0) is 43.1 Å². The molecule has 1 aromatic rings. The first kappa shape index (κ1) is 12.6. The number of nitrogens with two attached hydrogens (primary N) is 1. The van der Waals surface area contributed by atoms with Crippen molar-refractivity contribution in [3.63, 3.8) is 0 Å². The summed E-state index contributed by atoms with van der Waals surface area (Å²) in [6.45, 7) is 3.26. The summed E-state index contributed by atoms with van der Waals surface area (Å²) < 4.78 is 12.9. The molecule has 0 spiro atoms. The highest BCUT2D eigenvalue weighted by atomic mass is 19.1. The summed E-state index contributed by atoms with van der Waals surface area (Å²) in [5, 5.41) is 3.15. The molecule has 1 amide bonds. The van der Waals surface area contributed by atoms with Crippen molar-refractivity contribution in [1.29, 1.82) is 0 Å². The first-order valence-corrected chi connectivity index (χ1v) is 5.33. The summed E-state index contributed by atoms with van der Waals surface area (Å²) in [5.41, 5.74) is 7.02. The van der Waals surface area contributed by atoms with Gasteiger partial charge in [0.05, 0.1) is 0 Å². The van der Waals surface area contributed by atoms with Gasteiger partial charge in [0.1, 0.15) is 5.82 Å². The predicted octanol–water partition coefficient (Wildman–Crippen LogP) is 1.49. The third-order valence-corrected chi connectivity index (χ3v) is 2.40. The third kappa shape index (κ3) is 4.40. The molecule has 0 aromatic heterocycles.